The number of aromatic amines is 1. The van der Waals surface area contributed by atoms with Crippen molar-refractivity contribution in [3.05, 3.63) is 18.2 Å². The number of aromatic nitrogens is 2. The van der Waals surface area contributed by atoms with Crippen LogP contribution in [-0.4, -0.2) is 74.1 Å². The highest BCUT2D eigenvalue weighted by molar-refractivity contribution is 5.94. The van der Waals surface area contributed by atoms with Gasteiger partial charge in [-0.2, -0.15) is 0 Å². The van der Waals surface area contributed by atoms with Gasteiger partial charge in [0.2, 0.25) is 17.7 Å². The Bertz CT molecular complexity index is 795. The van der Waals surface area contributed by atoms with Gasteiger partial charge in [-0.05, 0) is 25.2 Å². The van der Waals surface area contributed by atoms with Crippen molar-refractivity contribution >= 4 is 23.7 Å². The number of aliphatic hydroxyl groups is 1. The number of carbonyl (C=O) groups is 4. The van der Waals surface area contributed by atoms with Gasteiger partial charge in [0.15, 0.2) is 6.04 Å². The van der Waals surface area contributed by atoms with Crippen LogP contribution in [0.4, 0.5) is 0 Å². The first-order valence-electron chi connectivity index (χ1n) is 10.9. The maximum Gasteiger partial charge on any atom is 0.328 e. The predicted octanol–water partition coefficient (Wildman–Crippen LogP) is -1.10. The number of amides is 3. The lowest BCUT2D eigenvalue weighted by molar-refractivity contribution is -0.145. The Balaban J connectivity index is 3.06. The van der Waals surface area contributed by atoms with Gasteiger partial charge in [0.25, 0.3) is 0 Å². The zero-order chi connectivity index (χ0) is 25.3. The third kappa shape index (κ3) is 9.18. The number of H-pyrrole nitrogens is 1. The van der Waals surface area contributed by atoms with Gasteiger partial charge in [-0.15, -0.1) is 0 Å². The van der Waals surface area contributed by atoms with Gasteiger partial charge in [0.1, 0.15) is 12.1 Å². The zero-order valence-electron chi connectivity index (χ0n) is 19.7. The van der Waals surface area contributed by atoms with E-state index in [4.69, 9.17) is 5.73 Å². The molecule has 0 unspecified atom stereocenters. The number of hydrogen-bond donors (Lipinski definition) is 7. The number of nitrogens with one attached hydrogen (secondary N) is 4. The molecule has 1 rings (SSSR count). The van der Waals surface area contributed by atoms with Crippen molar-refractivity contribution in [1.82, 2.24) is 25.9 Å². The number of nitrogens with zero attached hydrogens (tertiary/aromatic N) is 1. The predicted molar refractivity (Wildman–Crippen MR) is 120 cm³/mol. The Morgan fingerprint density at radius 3 is 2.03 bits per heavy atom. The molecule has 0 saturated heterocycles. The van der Waals surface area contributed by atoms with Crippen LogP contribution in [0.5, 0.6) is 0 Å². The molecule has 0 spiro atoms. The molecule has 12 nitrogen and oxygen atoms in total. The molecule has 3 amide bonds. The SMILES string of the molecule is CC(C)C[C@H](NC(=O)[C@H](Cc1c[nH]cn1)NC(=O)[C@@H](N)C(C)C)C(=O)N[C@H](C(=O)O)[C@@H](C)O. The molecule has 1 heterocycles. The molecule has 12 heteroatoms. The molecule has 1 aromatic heterocycles. The van der Waals surface area contributed by atoms with Gasteiger partial charge in [-0.1, -0.05) is 27.7 Å². The van der Waals surface area contributed by atoms with E-state index in [1.54, 1.807) is 20.0 Å². The second-order valence-corrected chi connectivity index (χ2v) is 8.85. The summed E-state index contributed by atoms with van der Waals surface area (Å²) in [7, 11) is 0. The lowest BCUT2D eigenvalue weighted by Gasteiger charge is -2.26. The van der Waals surface area contributed by atoms with E-state index in [1.165, 1.54) is 13.3 Å². The number of carbonyl (C=O) groups excluding carboxylic acids is 3. The summed E-state index contributed by atoms with van der Waals surface area (Å²) in [6, 6.07) is -4.53. The maximum atomic E-state index is 13.1. The Morgan fingerprint density at radius 2 is 1.58 bits per heavy atom. The normalized spacial score (nSPS) is 15.9. The maximum absolute atomic E-state index is 13.1. The fourth-order valence-electron chi connectivity index (χ4n) is 3.01. The van der Waals surface area contributed by atoms with E-state index >= 15 is 0 Å². The summed E-state index contributed by atoms with van der Waals surface area (Å²) in [4.78, 5) is 56.6. The molecule has 0 bridgehead atoms. The van der Waals surface area contributed by atoms with Gasteiger partial charge >= 0.3 is 5.97 Å². The minimum Gasteiger partial charge on any atom is -0.480 e. The summed E-state index contributed by atoms with van der Waals surface area (Å²) < 4.78 is 0. The van der Waals surface area contributed by atoms with Crippen LogP contribution in [0.2, 0.25) is 0 Å². The minimum absolute atomic E-state index is 0.0235. The van der Waals surface area contributed by atoms with Crippen molar-refractivity contribution in [3.8, 4) is 0 Å². The Hall–Kier alpha value is -2.99. The Kier molecular flexibility index (Phi) is 11.0. The van der Waals surface area contributed by atoms with E-state index in [0.29, 0.717) is 5.69 Å². The molecule has 186 valence electrons. The fourth-order valence-corrected chi connectivity index (χ4v) is 3.01. The highest BCUT2D eigenvalue weighted by atomic mass is 16.4. The number of nitrogens with two attached hydrogens (primary N) is 1. The molecule has 1 aromatic rings. The van der Waals surface area contributed by atoms with E-state index < -0.39 is 54.0 Å². The summed E-state index contributed by atoms with van der Waals surface area (Å²) in [6.07, 6.45) is 1.92. The average molecular weight is 469 g/mol. The molecule has 0 fully saturated rings. The first kappa shape index (κ1) is 28.0. The van der Waals surface area contributed by atoms with Crippen LogP contribution in [0.1, 0.15) is 46.7 Å². The molecule has 0 aliphatic carbocycles. The molecular formula is C21H36N6O6. The van der Waals surface area contributed by atoms with Crippen LogP contribution in [0.15, 0.2) is 12.5 Å². The van der Waals surface area contributed by atoms with Crippen molar-refractivity contribution in [2.24, 2.45) is 17.6 Å². The fraction of sp³-hybridized carbons (Fsp3) is 0.667. The standard InChI is InChI=1S/C21H36N6O6/c1-10(2)6-14(19(30)27-17(12(5)28)21(32)33)25-18(29)15(7-13-8-23-9-24-13)26-20(31)16(22)11(3)4/h8-12,14-17,28H,6-7,22H2,1-5H3,(H,23,24)(H,25,29)(H,26,31)(H,27,30)(H,32,33)/t12-,14+,15+,16+,17+/m1/s1. The highest BCUT2D eigenvalue weighted by Crippen LogP contribution is 2.09. The highest BCUT2D eigenvalue weighted by Gasteiger charge is 2.32. The van der Waals surface area contributed by atoms with Crippen LogP contribution in [-0.2, 0) is 25.6 Å². The third-order valence-corrected chi connectivity index (χ3v) is 5.01. The first-order valence-corrected chi connectivity index (χ1v) is 10.9. The molecule has 33 heavy (non-hydrogen) atoms. The minimum atomic E-state index is -1.53. The monoisotopic (exact) mass is 468 g/mol. The Labute approximate surface area is 193 Å². The average Bonchev–Trinajstić information content (AvgIpc) is 3.22. The number of carboxylic acid groups (broad SMARTS) is 1. The van der Waals surface area contributed by atoms with Crippen LogP contribution in [0, 0.1) is 11.8 Å². The number of imidazole rings is 1. The van der Waals surface area contributed by atoms with Gasteiger partial charge in [-0.25, -0.2) is 9.78 Å². The summed E-state index contributed by atoms with van der Waals surface area (Å²) >= 11 is 0. The van der Waals surface area contributed by atoms with E-state index in [0.717, 1.165) is 0 Å². The zero-order valence-corrected chi connectivity index (χ0v) is 19.7. The summed E-state index contributed by atoms with van der Waals surface area (Å²) in [6.45, 7) is 8.46. The van der Waals surface area contributed by atoms with Crippen LogP contribution in [0.25, 0.3) is 0 Å². The number of aliphatic carboxylic acids is 1. The smallest absolute Gasteiger partial charge is 0.328 e. The summed E-state index contributed by atoms with van der Waals surface area (Å²) in [5.74, 6) is -3.51. The van der Waals surface area contributed by atoms with Gasteiger partial charge in [0.05, 0.1) is 24.2 Å². The van der Waals surface area contributed by atoms with E-state index in [9.17, 15) is 29.4 Å². The van der Waals surface area contributed by atoms with Crippen molar-refractivity contribution < 1.29 is 29.4 Å². The molecule has 0 aliphatic rings. The molecule has 0 aromatic carbocycles. The molecule has 8 N–H and O–H groups in total. The molecule has 0 radical (unpaired) electrons. The number of rotatable bonds is 13. The van der Waals surface area contributed by atoms with Gasteiger partial charge in [-0.3, -0.25) is 14.4 Å². The Morgan fingerprint density at radius 1 is 1.00 bits per heavy atom. The molecule has 0 aliphatic heterocycles. The summed E-state index contributed by atoms with van der Waals surface area (Å²) in [5, 5.41) is 26.4. The second kappa shape index (κ2) is 12.9. The third-order valence-electron chi connectivity index (χ3n) is 5.01. The van der Waals surface area contributed by atoms with E-state index in [2.05, 4.69) is 25.9 Å². The second-order valence-electron chi connectivity index (χ2n) is 8.85. The number of hydrogen-bond acceptors (Lipinski definition) is 7. The first-order chi connectivity index (χ1) is 15.3. The van der Waals surface area contributed by atoms with E-state index in [-0.39, 0.29) is 24.7 Å². The topological polar surface area (TPSA) is 200 Å². The van der Waals surface area contributed by atoms with Gasteiger partial charge < -0.3 is 36.9 Å². The quantitative estimate of drug-likeness (QED) is 0.189. The van der Waals surface area contributed by atoms with Crippen molar-refractivity contribution in [2.45, 2.75) is 77.7 Å². The van der Waals surface area contributed by atoms with Crippen molar-refractivity contribution in [1.29, 1.82) is 0 Å². The molecule has 5 atom stereocenters. The largest absolute Gasteiger partial charge is 0.480 e. The van der Waals surface area contributed by atoms with E-state index in [1.807, 2.05) is 13.8 Å². The van der Waals surface area contributed by atoms with Crippen molar-refractivity contribution in [2.75, 3.05) is 0 Å². The van der Waals surface area contributed by atoms with Crippen molar-refractivity contribution in [3.63, 3.8) is 0 Å². The lowest BCUT2D eigenvalue weighted by Crippen LogP contribution is -2.59. The summed E-state index contributed by atoms with van der Waals surface area (Å²) in [5.41, 5.74) is 6.41. The molecular weight excluding hydrogens is 432 g/mol. The number of aliphatic hydroxyl groups excluding tert-OH is 1. The number of carboxylic acids is 1. The lowest BCUT2D eigenvalue weighted by atomic mass is 10.0. The van der Waals surface area contributed by atoms with Crippen LogP contribution < -0.4 is 21.7 Å². The van der Waals surface area contributed by atoms with Gasteiger partial charge in [0, 0.05) is 12.6 Å². The molecule has 0 saturated carbocycles. The van der Waals surface area contributed by atoms with Crippen LogP contribution in [0.3, 0.4) is 0 Å². The van der Waals surface area contributed by atoms with Crippen LogP contribution >= 0.6 is 0 Å².